The smallest absolute Gasteiger partial charge is 0.227 e. The number of fused-ring (bicyclic) bond motifs is 1. The molecule has 1 aliphatic heterocycles. The largest absolute Gasteiger partial charge is 0.382 e. The summed E-state index contributed by atoms with van der Waals surface area (Å²) in [5.74, 6) is 1.34. The van der Waals surface area contributed by atoms with E-state index in [0.717, 1.165) is 39.5 Å². The third-order valence-corrected chi connectivity index (χ3v) is 7.04. The van der Waals surface area contributed by atoms with E-state index in [4.69, 9.17) is 28.9 Å². The van der Waals surface area contributed by atoms with E-state index in [1.165, 1.54) is 0 Å². The van der Waals surface area contributed by atoms with Gasteiger partial charge in [0.05, 0.1) is 5.69 Å². The summed E-state index contributed by atoms with van der Waals surface area (Å²) < 4.78 is 2.03. The third kappa shape index (κ3) is 4.06. The number of amides is 1. The molecule has 5 rings (SSSR count). The minimum Gasteiger partial charge on any atom is -0.382 e. The summed E-state index contributed by atoms with van der Waals surface area (Å²) in [7, 11) is 3.80. The summed E-state index contributed by atoms with van der Waals surface area (Å²) in [4.78, 5) is 19.1. The van der Waals surface area contributed by atoms with Crippen LogP contribution in [0.3, 0.4) is 0 Å². The first-order chi connectivity index (χ1) is 16.3. The summed E-state index contributed by atoms with van der Waals surface area (Å²) in [6.45, 7) is 0. The van der Waals surface area contributed by atoms with E-state index in [-0.39, 0.29) is 11.8 Å². The highest BCUT2D eigenvalue weighted by Gasteiger charge is 2.30. The van der Waals surface area contributed by atoms with Crippen LogP contribution in [-0.2, 0) is 18.3 Å². The lowest BCUT2D eigenvalue weighted by atomic mass is 9.83. The van der Waals surface area contributed by atoms with Crippen LogP contribution < -0.4 is 10.6 Å². The van der Waals surface area contributed by atoms with Crippen molar-refractivity contribution >= 4 is 40.6 Å². The van der Waals surface area contributed by atoms with Gasteiger partial charge in [0.2, 0.25) is 5.91 Å². The highest BCUT2D eigenvalue weighted by atomic mass is 35.5. The molecule has 0 saturated carbocycles. The predicted molar refractivity (Wildman–Crippen MR) is 139 cm³/mol. The Hall–Kier alpha value is -3.28. The third-order valence-electron chi connectivity index (χ3n) is 6.55. The Bertz CT molecular complexity index is 1390. The number of carbonyl (C=O) groups is 1. The van der Waals surface area contributed by atoms with E-state index in [0.29, 0.717) is 28.7 Å². The fraction of sp³-hybridized carbons (Fsp3) is 0.185. The molecule has 4 aromatic rings. The van der Waals surface area contributed by atoms with Crippen molar-refractivity contribution in [1.82, 2.24) is 9.55 Å². The molecule has 1 amide bonds. The Morgan fingerprint density at radius 3 is 2.50 bits per heavy atom. The summed E-state index contributed by atoms with van der Waals surface area (Å²) in [6, 6.07) is 21.6. The van der Waals surface area contributed by atoms with Crippen LogP contribution in [-0.4, -0.2) is 22.5 Å². The van der Waals surface area contributed by atoms with E-state index in [1.54, 1.807) is 4.90 Å². The fourth-order valence-electron chi connectivity index (χ4n) is 4.69. The van der Waals surface area contributed by atoms with E-state index >= 15 is 0 Å². The van der Waals surface area contributed by atoms with Gasteiger partial charge in [-0.25, -0.2) is 4.98 Å². The van der Waals surface area contributed by atoms with Gasteiger partial charge in [0.25, 0.3) is 0 Å². The van der Waals surface area contributed by atoms with Crippen LogP contribution in [0.2, 0.25) is 10.0 Å². The van der Waals surface area contributed by atoms with Crippen LogP contribution in [0, 0.1) is 0 Å². The van der Waals surface area contributed by atoms with Crippen LogP contribution in [0.1, 0.15) is 34.7 Å². The molecule has 34 heavy (non-hydrogen) atoms. The molecule has 1 unspecified atom stereocenters. The maximum Gasteiger partial charge on any atom is 0.227 e. The molecule has 2 heterocycles. The molecule has 172 valence electrons. The average Bonchev–Trinajstić information content (AvgIpc) is 3.10. The Morgan fingerprint density at radius 1 is 1.00 bits per heavy atom. The van der Waals surface area contributed by atoms with Crippen molar-refractivity contribution in [1.29, 1.82) is 0 Å². The molecule has 1 atom stereocenters. The standard InChI is InChI=1S/C27H24Cl2N4O/c1-32-23-11-6-16(12-22(23)21(15-25(32)34)18-4-3-5-20(29)14-18)13-24-26(30)31-27(33(24)2)17-7-9-19(28)10-8-17/h3-12,14,21H,13,15,30H2,1-2H3. The van der Waals surface area contributed by atoms with E-state index in [9.17, 15) is 4.79 Å². The second-order valence-electron chi connectivity index (χ2n) is 8.67. The highest BCUT2D eigenvalue weighted by molar-refractivity contribution is 6.30. The SMILES string of the molecule is CN1C(=O)CC(c2cccc(Cl)c2)c2cc(Cc3c(N)nc(-c4ccc(Cl)cc4)n3C)ccc21. The first-order valence-electron chi connectivity index (χ1n) is 11.0. The molecule has 0 saturated heterocycles. The number of benzene rings is 3. The quantitative estimate of drug-likeness (QED) is 0.377. The van der Waals surface area contributed by atoms with Gasteiger partial charge in [-0.3, -0.25) is 4.79 Å². The van der Waals surface area contributed by atoms with Crippen LogP contribution in [0.15, 0.2) is 66.7 Å². The number of aromatic nitrogens is 2. The van der Waals surface area contributed by atoms with Crippen molar-refractivity contribution in [3.63, 3.8) is 0 Å². The van der Waals surface area contributed by atoms with Crippen LogP contribution in [0.4, 0.5) is 11.5 Å². The molecular weight excluding hydrogens is 467 g/mol. The molecule has 0 fully saturated rings. The van der Waals surface area contributed by atoms with Gasteiger partial charge in [-0.15, -0.1) is 0 Å². The van der Waals surface area contributed by atoms with E-state index in [2.05, 4.69) is 17.1 Å². The number of halogens is 2. The lowest BCUT2D eigenvalue weighted by Gasteiger charge is -2.32. The van der Waals surface area contributed by atoms with Crippen molar-refractivity contribution in [3.8, 4) is 11.4 Å². The zero-order valence-corrected chi connectivity index (χ0v) is 20.4. The number of nitrogens with zero attached hydrogens (tertiary/aromatic N) is 3. The molecule has 0 bridgehead atoms. The second kappa shape index (κ2) is 8.82. The van der Waals surface area contributed by atoms with Crippen molar-refractivity contribution in [2.75, 3.05) is 17.7 Å². The summed E-state index contributed by atoms with van der Waals surface area (Å²) in [5.41, 5.74) is 12.4. The van der Waals surface area contributed by atoms with E-state index < -0.39 is 0 Å². The van der Waals surface area contributed by atoms with Crippen LogP contribution in [0.5, 0.6) is 0 Å². The number of carbonyl (C=O) groups excluding carboxylic acids is 1. The lowest BCUT2D eigenvalue weighted by molar-refractivity contribution is -0.118. The molecule has 5 nitrogen and oxygen atoms in total. The molecule has 7 heteroatoms. The number of nitrogens with two attached hydrogens (primary N) is 1. The zero-order chi connectivity index (χ0) is 24.0. The van der Waals surface area contributed by atoms with Gasteiger partial charge in [0.1, 0.15) is 11.6 Å². The molecule has 0 radical (unpaired) electrons. The molecular formula is C27H24Cl2N4O. The van der Waals surface area contributed by atoms with Gasteiger partial charge in [0.15, 0.2) is 0 Å². The minimum absolute atomic E-state index is 0.0501. The number of nitrogen functional groups attached to an aromatic ring is 1. The van der Waals surface area contributed by atoms with Crippen molar-refractivity contribution in [3.05, 3.63) is 99.2 Å². The lowest BCUT2D eigenvalue weighted by Crippen LogP contribution is -2.33. The Kier molecular flexibility index (Phi) is 5.84. The van der Waals surface area contributed by atoms with Crippen molar-refractivity contribution < 1.29 is 4.79 Å². The van der Waals surface area contributed by atoms with Crippen molar-refractivity contribution in [2.45, 2.75) is 18.8 Å². The van der Waals surface area contributed by atoms with Gasteiger partial charge in [0, 0.05) is 54.2 Å². The molecule has 1 aliphatic rings. The molecule has 1 aromatic heterocycles. The number of hydrogen-bond donors (Lipinski definition) is 1. The number of rotatable bonds is 4. The fourth-order valence-corrected chi connectivity index (χ4v) is 5.01. The number of hydrogen-bond acceptors (Lipinski definition) is 3. The maximum atomic E-state index is 12.7. The number of anilines is 2. The Balaban J connectivity index is 1.53. The summed E-state index contributed by atoms with van der Waals surface area (Å²) in [5, 5.41) is 1.34. The van der Waals surface area contributed by atoms with Gasteiger partial charge in [-0.05, 0) is 59.2 Å². The number of imidazole rings is 1. The molecule has 3 aromatic carbocycles. The Morgan fingerprint density at radius 2 is 1.76 bits per heavy atom. The topological polar surface area (TPSA) is 64.2 Å². The molecule has 0 spiro atoms. The van der Waals surface area contributed by atoms with Gasteiger partial charge < -0.3 is 15.2 Å². The predicted octanol–water partition coefficient (Wildman–Crippen LogP) is 6.07. The first-order valence-corrected chi connectivity index (χ1v) is 11.8. The second-order valence-corrected chi connectivity index (χ2v) is 9.54. The van der Waals surface area contributed by atoms with Gasteiger partial charge in [-0.1, -0.05) is 47.5 Å². The first kappa shape index (κ1) is 22.5. The minimum atomic E-state index is -0.0501. The van der Waals surface area contributed by atoms with Crippen molar-refractivity contribution in [2.24, 2.45) is 7.05 Å². The maximum absolute atomic E-state index is 12.7. The summed E-state index contributed by atoms with van der Waals surface area (Å²) in [6.07, 6.45) is 1.03. The zero-order valence-electron chi connectivity index (χ0n) is 18.9. The van der Waals surface area contributed by atoms with E-state index in [1.807, 2.05) is 73.3 Å². The molecule has 0 aliphatic carbocycles. The molecule has 2 N–H and O–H groups in total. The van der Waals surface area contributed by atoms with Gasteiger partial charge in [-0.2, -0.15) is 0 Å². The summed E-state index contributed by atoms with van der Waals surface area (Å²) >= 11 is 12.3. The van der Waals surface area contributed by atoms with Crippen LogP contribution in [0.25, 0.3) is 11.4 Å². The average molecular weight is 491 g/mol. The van der Waals surface area contributed by atoms with Crippen LogP contribution >= 0.6 is 23.2 Å². The van der Waals surface area contributed by atoms with Gasteiger partial charge >= 0.3 is 0 Å². The monoisotopic (exact) mass is 490 g/mol. The highest BCUT2D eigenvalue weighted by Crippen LogP contribution is 2.41. The Labute approximate surface area is 208 Å². The normalized spacial score (nSPS) is 15.5.